The summed E-state index contributed by atoms with van der Waals surface area (Å²) in [6, 6.07) is 9.79. The van der Waals surface area contributed by atoms with Crippen molar-refractivity contribution in [3.8, 4) is 0 Å². The Morgan fingerprint density at radius 3 is 3.04 bits per heavy atom. The van der Waals surface area contributed by atoms with Crippen molar-refractivity contribution < 1.29 is 4.79 Å². The van der Waals surface area contributed by atoms with Crippen molar-refractivity contribution >= 4 is 22.6 Å². The van der Waals surface area contributed by atoms with Crippen LogP contribution in [-0.4, -0.2) is 37.0 Å². The Hall–Kier alpha value is -3.22. The van der Waals surface area contributed by atoms with Gasteiger partial charge in [-0.25, -0.2) is 4.98 Å². The van der Waals surface area contributed by atoms with Crippen LogP contribution in [-0.2, 0) is 6.42 Å². The van der Waals surface area contributed by atoms with Gasteiger partial charge in [-0.3, -0.25) is 9.20 Å². The van der Waals surface area contributed by atoms with E-state index in [1.54, 1.807) is 6.07 Å². The highest BCUT2D eigenvalue weighted by Gasteiger charge is 2.29. The third-order valence-electron chi connectivity index (χ3n) is 4.98. The van der Waals surface area contributed by atoms with E-state index in [0.29, 0.717) is 30.1 Å². The van der Waals surface area contributed by atoms with Gasteiger partial charge in [-0.1, -0.05) is 6.07 Å². The molecule has 3 aromatic heterocycles. The highest BCUT2D eigenvalue weighted by molar-refractivity contribution is 5.99. The molecular weight excluding hydrogens is 340 g/mol. The van der Waals surface area contributed by atoms with Gasteiger partial charge >= 0.3 is 0 Å². The molecule has 0 aliphatic heterocycles. The molecule has 136 valence electrons. The lowest BCUT2D eigenvalue weighted by molar-refractivity contribution is 0.0955. The van der Waals surface area contributed by atoms with Crippen LogP contribution in [0.5, 0.6) is 0 Å². The molecule has 5 rings (SSSR count). The van der Waals surface area contributed by atoms with Gasteiger partial charge in [0.15, 0.2) is 5.65 Å². The second-order valence-corrected chi connectivity index (χ2v) is 7.16. The van der Waals surface area contributed by atoms with Crippen molar-refractivity contribution in [2.24, 2.45) is 0 Å². The fourth-order valence-electron chi connectivity index (χ4n) is 3.42. The molecule has 0 saturated heterocycles. The van der Waals surface area contributed by atoms with E-state index in [-0.39, 0.29) is 5.91 Å². The van der Waals surface area contributed by atoms with Crippen molar-refractivity contribution in [3.63, 3.8) is 0 Å². The number of nitrogens with zero attached hydrogens (tertiary/aromatic N) is 4. The number of H-pyrrole nitrogens is 1. The second kappa shape index (κ2) is 6.19. The predicted octanol–water partition coefficient (Wildman–Crippen LogP) is 2.76. The van der Waals surface area contributed by atoms with Crippen LogP contribution >= 0.6 is 0 Å². The molecule has 1 aliphatic rings. The Labute approximate surface area is 155 Å². The van der Waals surface area contributed by atoms with Gasteiger partial charge in [0.05, 0.1) is 16.6 Å². The lowest BCUT2D eigenvalue weighted by Gasteiger charge is -2.05. The van der Waals surface area contributed by atoms with Crippen LogP contribution in [0, 0.1) is 6.92 Å². The monoisotopic (exact) mass is 360 g/mol. The molecule has 7 heteroatoms. The van der Waals surface area contributed by atoms with Crippen molar-refractivity contribution in [1.29, 1.82) is 0 Å². The number of aromatic amines is 1. The molecule has 0 atom stereocenters. The molecule has 3 heterocycles. The summed E-state index contributed by atoms with van der Waals surface area (Å²) < 4.78 is 1.94. The number of aryl methyl sites for hydroxylation is 1. The minimum absolute atomic E-state index is 0.137. The Morgan fingerprint density at radius 2 is 2.19 bits per heavy atom. The van der Waals surface area contributed by atoms with E-state index in [9.17, 15) is 4.79 Å². The summed E-state index contributed by atoms with van der Waals surface area (Å²) in [6.45, 7) is 2.56. The van der Waals surface area contributed by atoms with Gasteiger partial charge in [-0.2, -0.15) is 0 Å². The fraction of sp³-hybridized carbons (Fsp3) is 0.300. The van der Waals surface area contributed by atoms with Crippen LogP contribution in [0.15, 0.2) is 36.5 Å². The van der Waals surface area contributed by atoms with Gasteiger partial charge in [0.2, 0.25) is 0 Å². The lowest BCUT2D eigenvalue weighted by Crippen LogP contribution is -2.26. The molecule has 7 nitrogen and oxygen atoms in total. The maximum atomic E-state index is 12.6. The van der Waals surface area contributed by atoms with E-state index in [2.05, 4.69) is 38.5 Å². The fourth-order valence-corrected chi connectivity index (χ4v) is 3.42. The zero-order valence-electron chi connectivity index (χ0n) is 15.1. The number of imidazole rings is 1. The van der Waals surface area contributed by atoms with Crippen LogP contribution in [0.25, 0.3) is 16.7 Å². The Kier molecular flexibility index (Phi) is 3.67. The second-order valence-electron chi connectivity index (χ2n) is 7.16. The number of benzene rings is 1. The molecular formula is C20H20N6O. The Balaban J connectivity index is 1.29. The predicted molar refractivity (Wildman–Crippen MR) is 102 cm³/mol. The van der Waals surface area contributed by atoms with Crippen LogP contribution in [0.4, 0.5) is 0 Å². The van der Waals surface area contributed by atoms with Crippen molar-refractivity contribution in [3.05, 3.63) is 59.3 Å². The molecule has 1 saturated carbocycles. The topological polar surface area (TPSA) is 88.0 Å². The standard InChI is InChI=1S/C20H20N6O/c1-12-4-7-15-16(11-12)23-17(22-15)8-9-21-20(27)14-3-2-10-26-18(13-5-6-13)24-25-19(14)26/h2-4,7,10-11,13H,5-6,8-9H2,1H3,(H,21,27)(H,22,23). The quantitative estimate of drug-likeness (QED) is 0.573. The number of amides is 1. The molecule has 0 spiro atoms. The first-order chi connectivity index (χ1) is 13.2. The summed E-state index contributed by atoms with van der Waals surface area (Å²) in [5, 5.41) is 11.5. The van der Waals surface area contributed by atoms with Crippen LogP contribution in [0.3, 0.4) is 0 Å². The minimum Gasteiger partial charge on any atom is -0.351 e. The molecule has 1 aromatic carbocycles. The van der Waals surface area contributed by atoms with Gasteiger partial charge in [0.1, 0.15) is 11.6 Å². The third kappa shape index (κ3) is 2.95. The molecule has 0 unspecified atom stereocenters. The molecule has 0 bridgehead atoms. The van der Waals surface area contributed by atoms with Gasteiger partial charge in [-0.05, 0) is 49.6 Å². The zero-order valence-corrected chi connectivity index (χ0v) is 15.1. The lowest BCUT2D eigenvalue weighted by atomic mass is 10.2. The first kappa shape index (κ1) is 16.0. The summed E-state index contributed by atoms with van der Waals surface area (Å²) >= 11 is 0. The van der Waals surface area contributed by atoms with E-state index in [1.807, 2.05) is 28.8 Å². The first-order valence-electron chi connectivity index (χ1n) is 9.26. The number of carbonyl (C=O) groups is 1. The molecule has 2 N–H and O–H groups in total. The van der Waals surface area contributed by atoms with Crippen molar-refractivity contribution in [2.75, 3.05) is 6.54 Å². The van der Waals surface area contributed by atoms with E-state index >= 15 is 0 Å². The van der Waals surface area contributed by atoms with E-state index in [4.69, 9.17) is 0 Å². The number of fused-ring (bicyclic) bond motifs is 2. The number of hydrogen-bond donors (Lipinski definition) is 2. The highest BCUT2D eigenvalue weighted by atomic mass is 16.1. The average Bonchev–Trinajstić information content (AvgIpc) is 3.28. The summed E-state index contributed by atoms with van der Waals surface area (Å²) in [5.74, 6) is 2.17. The maximum absolute atomic E-state index is 12.6. The number of carbonyl (C=O) groups excluding carboxylic acids is 1. The maximum Gasteiger partial charge on any atom is 0.255 e. The van der Waals surface area contributed by atoms with Gasteiger partial charge in [0.25, 0.3) is 5.91 Å². The van der Waals surface area contributed by atoms with Gasteiger partial charge in [-0.15, -0.1) is 10.2 Å². The van der Waals surface area contributed by atoms with Gasteiger partial charge < -0.3 is 10.3 Å². The number of aromatic nitrogens is 5. The SMILES string of the molecule is Cc1ccc2nc(CCNC(=O)c3cccn4c(C5CC5)nnc34)[nH]c2c1. The molecule has 0 radical (unpaired) electrons. The van der Waals surface area contributed by atoms with Crippen LogP contribution in [0.1, 0.15) is 46.3 Å². The normalized spacial score (nSPS) is 14.1. The third-order valence-corrected chi connectivity index (χ3v) is 4.98. The van der Waals surface area contributed by atoms with Crippen molar-refractivity contribution in [2.45, 2.75) is 32.1 Å². The molecule has 1 fully saturated rings. The first-order valence-corrected chi connectivity index (χ1v) is 9.26. The Morgan fingerprint density at radius 1 is 1.30 bits per heavy atom. The zero-order chi connectivity index (χ0) is 18.4. The summed E-state index contributed by atoms with van der Waals surface area (Å²) in [7, 11) is 0. The smallest absolute Gasteiger partial charge is 0.255 e. The van der Waals surface area contributed by atoms with Crippen LogP contribution < -0.4 is 5.32 Å². The summed E-state index contributed by atoms with van der Waals surface area (Å²) in [6.07, 6.45) is 4.86. The summed E-state index contributed by atoms with van der Waals surface area (Å²) in [4.78, 5) is 20.5. The molecule has 1 aliphatic carbocycles. The Bertz CT molecular complexity index is 1150. The number of hydrogen-bond acceptors (Lipinski definition) is 4. The highest BCUT2D eigenvalue weighted by Crippen LogP contribution is 2.39. The van der Waals surface area contributed by atoms with Crippen LogP contribution in [0.2, 0.25) is 0 Å². The van der Waals surface area contributed by atoms with E-state index in [0.717, 1.165) is 35.5 Å². The van der Waals surface area contributed by atoms with E-state index < -0.39 is 0 Å². The van der Waals surface area contributed by atoms with Crippen molar-refractivity contribution in [1.82, 2.24) is 29.9 Å². The molecule has 4 aromatic rings. The molecule has 27 heavy (non-hydrogen) atoms. The van der Waals surface area contributed by atoms with E-state index in [1.165, 1.54) is 5.56 Å². The summed E-state index contributed by atoms with van der Waals surface area (Å²) in [5.41, 5.74) is 4.34. The molecule has 1 amide bonds. The minimum atomic E-state index is -0.137. The number of rotatable bonds is 5. The largest absolute Gasteiger partial charge is 0.351 e. The van der Waals surface area contributed by atoms with Gasteiger partial charge in [0, 0.05) is 25.1 Å². The number of nitrogens with one attached hydrogen (secondary N) is 2. The average molecular weight is 360 g/mol. The number of pyridine rings is 1.